The van der Waals surface area contributed by atoms with Crippen molar-refractivity contribution < 1.29 is 4.92 Å². The number of aromatic nitrogens is 1. The van der Waals surface area contributed by atoms with Crippen LogP contribution in [0.4, 0.5) is 11.5 Å². The average molecular weight is 236 g/mol. The molecular formula is C11H16N4O2. The number of nitrogens with one attached hydrogen (secondary N) is 1. The van der Waals surface area contributed by atoms with E-state index in [0.717, 1.165) is 19.6 Å². The minimum Gasteiger partial charge on any atom is -0.343 e. The Morgan fingerprint density at radius 1 is 1.59 bits per heavy atom. The molecule has 1 aromatic heterocycles. The number of hydrogen-bond acceptors (Lipinski definition) is 5. The van der Waals surface area contributed by atoms with Crippen LogP contribution in [0, 0.1) is 10.1 Å². The standard InChI is InChI=1S/C11H16N4O2/c1-11(2)8-12-6-7-14(11)10-9(15(16)17)4-3-5-13-10/h3-5,12H,6-8H2,1-2H3. The Labute approximate surface area is 99.8 Å². The molecule has 0 radical (unpaired) electrons. The maximum atomic E-state index is 11.0. The molecule has 6 nitrogen and oxygen atoms in total. The SMILES string of the molecule is CC1(C)CNCCN1c1ncccc1[N+](=O)[O-]. The molecule has 1 N–H and O–H groups in total. The van der Waals surface area contributed by atoms with Gasteiger partial charge >= 0.3 is 5.69 Å². The second-order valence-electron chi connectivity index (χ2n) is 4.74. The largest absolute Gasteiger partial charge is 0.343 e. The fourth-order valence-corrected chi connectivity index (χ4v) is 2.11. The first-order valence-corrected chi connectivity index (χ1v) is 5.60. The summed E-state index contributed by atoms with van der Waals surface area (Å²) in [6.07, 6.45) is 1.60. The van der Waals surface area contributed by atoms with E-state index >= 15 is 0 Å². The van der Waals surface area contributed by atoms with E-state index in [9.17, 15) is 10.1 Å². The van der Waals surface area contributed by atoms with Gasteiger partial charge in [-0.2, -0.15) is 0 Å². The zero-order valence-corrected chi connectivity index (χ0v) is 10.0. The van der Waals surface area contributed by atoms with Gasteiger partial charge in [0, 0.05) is 37.4 Å². The predicted octanol–water partition coefficient (Wildman–Crippen LogP) is 1.18. The van der Waals surface area contributed by atoms with E-state index in [2.05, 4.69) is 24.1 Å². The molecule has 2 heterocycles. The Hall–Kier alpha value is -1.69. The zero-order valence-electron chi connectivity index (χ0n) is 10.0. The minimum atomic E-state index is -0.375. The summed E-state index contributed by atoms with van der Waals surface area (Å²) >= 11 is 0. The van der Waals surface area contributed by atoms with Crippen LogP contribution in [0.25, 0.3) is 0 Å². The van der Waals surface area contributed by atoms with Gasteiger partial charge in [-0.05, 0) is 19.9 Å². The normalized spacial score (nSPS) is 19.1. The summed E-state index contributed by atoms with van der Waals surface area (Å²) in [6.45, 7) is 6.44. The summed E-state index contributed by atoms with van der Waals surface area (Å²) in [5, 5.41) is 14.3. The molecule has 1 aliphatic rings. The highest BCUT2D eigenvalue weighted by Gasteiger charge is 2.34. The van der Waals surface area contributed by atoms with Crippen LogP contribution < -0.4 is 10.2 Å². The molecule has 0 spiro atoms. The Balaban J connectivity index is 2.42. The van der Waals surface area contributed by atoms with Crippen molar-refractivity contribution in [3.8, 4) is 0 Å². The van der Waals surface area contributed by atoms with E-state index in [1.807, 2.05) is 4.90 Å². The molecular weight excluding hydrogens is 220 g/mol. The molecule has 0 aliphatic carbocycles. The third kappa shape index (κ3) is 2.21. The van der Waals surface area contributed by atoms with Gasteiger partial charge in [0.1, 0.15) is 0 Å². The molecule has 0 unspecified atom stereocenters. The van der Waals surface area contributed by atoms with Crippen molar-refractivity contribution in [2.24, 2.45) is 0 Å². The molecule has 1 aliphatic heterocycles. The second-order valence-corrected chi connectivity index (χ2v) is 4.74. The van der Waals surface area contributed by atoms with Crippen LogP contribution in [0.15, 0.2) is 18.3 Å². The number of rotatable bonds is 2. The van der Waals surface area contributed by atoms with Crippen molar-refractivity contribution in [2.45, 2.75) is 19.4 Å². The van der Waals surface area contributed by atoms with Crippen LogP contribution in [0.5, 0.6) is 0 Å². The zero-order chi connectivity index (χ0) is 12.5. The third-order valence-corrected chi connectivity index (χ3v) is 3.02. The van der Waals surface area contributed by atoms with Crippen molar-refractivity contribution in [1.29, 1.82) is 0 Å². The van der Waals surface area contributed by atoms with Gasteiger partial charge in [0.05, 0.1) is 4.92 Å². The predicted molar refractivity (Wildman–Crippen MR) is 65.2 cm³/mol. The topological polar surface area (TPSA) is 71.3 Å². The molecule has 0 atom stereocenters. The van der Waals surface area contributed by atoms with Crippen molar-refractivity contribution in [3.05, 3.63) is 28.4 Å². The number of anilines is 1. The van der Waals surface area contributed by atoms with Crippen molar-refractivity contribution >= 4 is 11.5 Å². The number of hydrogen-bond donors (Lipinski definition) is 1. The van der Waals surface area contributed by atoms with E-state index < -0.39 is 0 Å². The van der Waals surface area contributed by atoms with E-state index in [0.29, 0.717) is 5.82 Å². The van der Waals surface area contributed by atoms with Gasteiger partial charge < -0.3 is 10.2 Å². The van der Waals surface area contributed by atoms with Gasteiger partial charge in [-0.25, -0.2) is 4.98 Å². The maximum absolute atomic E-state index is 11.0. The molecule has 1 aromatic rings. The summed E-state index contributed by atoms with van der Waals surface area (Å²) in [5.74, 6) is 0.462. The van der Waals surface area contributed by atoms with Gasteiger partial charge in [-0.3, -0.25) is 10.1 Å². The van der Waals surface area contributed by atoms with Crippen LogP contribution in [-0.4, -0.2) is 35.1 Å². The van der Waals surface area contributed by atoms with Crippen molar-refractivity contribution in [3.63, 3.8) is 0 Å². The Morgan fingerprint density at radius 2 is 2.35 bits per heavy atom. The summed E-state index contributed by atoms with van der Waals surface area (Å²) in [4.78, 5) is 16.8. The van der Waals surface area contributed by atoms with Crippen LogP contribution in [0.2, 0.25) is 0 Å². The third-order valence-electron chi connectivity index (χ3n) is 3.02. The fourth-order valence-electron chi connectivity index (χ4n) is 2.11. The minimum absolute atomic E-state index is 0.0717. The van der Waals surface area contributed by atoms with Crippen LogP contribution in [0.3, 0.4) is 0 Å². The molecule has 2 rings (SSSR count). The Bertz CT molecular complexity index is 433. The first-order valence-electron chi connectivity index (χ1n) is 5.60. The summed E-state index contributed by atoms with van der Waals surface area (Å²) in [6, 6.07) is 3.09. The van der Waals surface area contributed by atoms with E-state index in [4.69, 9.17) is 0 Å². The quantitative estimate of drug-likeness (QED) is 0.616. The highest BCUT2D eigenvalue weighted by Crippen LogP contribution is 2.30. The lowest BCUT2D eigenvalue weighted by Gasteiger charge is -2.43. The molecule has 1 saturated heterocycles. The highest BCUT2D eigenvalue weighted by molar-refractivity contribution is 5.59. The molecule has 0 amide bonds. The van der Waals surface area contributed by atoms with Crippen molar-refractivity contribution in [2.75, 3.05) is 24.5 Å². The molecule has 6 heteroatoms. The number of nitro groups is 1. The van der Waals surface area contributed by atoms with Gasteiger partial charge in [-0.15, -0.1) is 0 Å². The van der Waals surface area contributed by atoms with Crippen LogP contribution >= 0.6 is 0 Å². The molecule has 0 saturated carbocycles. The van der Waals surface area contributed by atoms with E-state index in [-0.39, 0.29) is 16.1 Å². The second kappa shape index (κ2) is 4.29. The highest BCUT2D eigenvalue weighted by atomic mass is 16.6. The van der Waals surface area contributed by atoms with Gasteiger partial charge in [0.25, 0.3) is 0 Å². The summed E-state index contributed by atoms with van der Waals surface area (Å²) < 4.78 is 0. The summed E-state index contributed by atoms with van der Waals surface area (Å²) in [7, 11) is 0. The van der Waals surface area contributed by atoms with E-state index in [1.54, 1.807) is 12.3 Å². The molecule has 92 valence electrons. The average Bonchev–Trinajstić information content (AvgIpc) is 2.28. The lowest BCUT2D eigenvalue weighted by atomic mass is 10.00. The molecule has 1 fully saturated rings. The van der Waals surface area contributed by atoms with Gasteiger partial charge in [0.15, 0.2) is 0 Å². The number of pyridine rings is 1. The molecule has 0 aromatic carbocycles. The Kier molecular flexibility index (Phi) is 2.97. The van der Waals surface area contributed by atoms with Crippen molar-refractivity contribution in [1.82, 2.24) is 10.3 Å². The number of piperazine rings is 1. The van der Waals surface area contributed by atoms with Gasteiger partial charge in [0.2, 0.25) is 5.82 Å². The lowest BCUT2D eigenvalue weighted by molar-refractivity contribution is -0.384. The first kappa shape index (κ1) is 11.8. The maximum Gasteiger partial charge on any atom is 0.311 e. The smallest absolute Gasteiger partial charge is 0.311 e. The molecule has 0 bridgehead atoms. The summed E-state index contributed by atoms with van der Waals surface area (Å²) in [5.41, 5.74) is -0.0975. The Morgan fingerprint density at radius 3 is 3.00 bits per heavy atom. The fraction of sp³-hybridized carbons (Fsp3) is 0.545. The lowest BCUT2D eigenvalue weighted by Crippen LogP contribution is -2.58. The van der Waals surface area contributed by atoms with E-state index in [1.165, 1.54) is 6.07 Å². The van der Waals surface area contributed by atoms with Crippen LogP contribution in [0.1, 0.15) is 13.8 Å². The molecule has 17 heavy (non-hydrogen) atoms. The number of nitrogens with zero attached hydrogens (tertiary/aromatic N) is 3. The monoisotopic (exact) mass is 236 g/mol. The van der Waals surface area contributed by atoms with Crippen LogP contribution in [-0.2, 0) is 0 Å². The van der Waals surface area contributed by atoms with Gasteiger partial charge in [-0.1, -0.05) is 0 Å². The first-order chi connectivity index (χ1) is 8.02.